The van der Waals surface area contributed by atoms with Gasteiger partial charge in [0, 0.05) is 12.7 Å². The molecule has 2 N–H and O–H groups in total. The summed E-state index contributed by atoms with van der Waals surface area (Å²) in [6, 6.07) is 4.44. The lowest BCUT2D eigenvalue weighted by atomic mass is 9.81. The van der Waals surface area contributed by atoms with Crippen LogP contribution in [0.2, 0.25) is 0 Å². The van der Waals surface area contributed by atoms with Crippen LogP contribution in [0.15, 0.2) is 18.2 Å². The molecule has 1 saturated carbocycles. The summed E-state index contributed by atoms with van der Waals surface area (Å²) >= 11 is 0. The number of likely N-dealkylation sites (N-methyl/N-ethyl adjacent to an activating group) is 1. The molecule has 1 aromatic rings. The van der Waals surface area contributed by atoms with Crippen LogP contribution in [0, 0.1) is 0 Å². The number of nitrogens with one attached hydrogen (secondary N) is 2. The third-order valence-corrected chi connectivity index (χ3v) is 5.98. The minimum absolute atomic E-state index is 0.268. The number of rotatable bonds is 3. The highest BCUT2D eigenvalue weighted by Gasteiger charge is 2.55. The maximum absolute atomic E-state index is 13.0. The number of hydrogen-bond donors (Lipinski definition) is 2. The Labute approximate surface area is 168 Å². The third-order valence-electron chi connectivity index (χ3n) is 5.98. The molecule has 0 bridgehead atoms. The van der Waals surface area contributed by atoms with Gasteiger partial charge in [0.15, 0.2) is 6.10 Å². The monoisotopic (exact) mass is 400 g/mol. The number of urea groups is 1. The Hall–Kier alpha value is -3.10. The van der Waals surface area contributed by atoms with Gasteiger partial charge < -0.3 is 20.3 Å². The van der Waals surface area contributed by atoms with Crippen LogP contribution >= 0.6 is 0 Å². The van der Waals surface area contributed by atoms with Gasteiger partial charge in [0.05, 0.1) is 5.69 Å². The molecule has 3 aliphatic rings. The fourth-order valence-corrected chi connectivity index (χ4v) is 4.30. The van der Waals surface area contributed by atoms with E-state index in [1.54, 1.807) is 32.2 Å². The number of fused-ring (bicyclic) bond motifs is 1. The van der Waals surface area contributed by atoms with E-state index in [2.05, 4.69) is 10.6 Å². The number of hydrogen-bond acceptors (Lipinski definition) is 5. The molecule has 1 saturated heterocycles. The molecule has 1 atom stereocenters. The molecule has 2 fully saturated rings. The second-order valence-electron chi connectivity index (χ2n) is 7.83. The first-order valence-corrected chi connectivity index (χ1v) is 9.83. The topological polar surface area (TPSA) is 108 Å². The van der Waals surface area contributed by atoms with E-state index in [4.69, 9.17) is 4.74 Å². The summed E-state index contributed by atoms with van der Waals surface area (Å²) in [7, 11) is 1.64. The van der Waals surface area contributed by atoms with Gasteiger partial charge in [-0.15, -0.1) is 0 Å². The minimum atomic E-state index is -0.806. The van der Waals surface area contributed by atoms with Crippen LogP contribution in [-0.2, 0) is 14.4 Å². The first-order chi connectivity index (χ1) is 13.8. The normalized spacial score (nSPS) is 23.0. The molecule has 1 aromatic carbocycles. The van der Waals surface area contributed by atoms with Crippen LogP contribution in [0.25, 0.3) is 0 Å². The van der Waals surface area contributed by atoms with Crippen molar-refractivity contribution >= 4 is 35.1 Å². The summed E-state index contributed by atoms with van der Waals surface area (Å²) in [5, 5.41) is 5.40. The van der Waals surface area contributed by atoms with E-state index >= 15 is 0 Å². The molecular weight excluding hydrogens is 376 g/mol. The van der Waals surface area contributed by atoms with Crippen molar-refractivity contribution in [3.8, 4) is 5.75 Å². The molecule has 9 heteroatoms. The lowest BCUT2D eigenvalue weighted by Crippen LogP contribution is -2.49. The Morgan fingerprint density at radius 2 is 1.97 bits per heavy atom. The number of carbonyl (C=O) groups is 4. The average molecular weight is 400 g/mol. The van der Waals surface area contributed by atoms with Crippen LogP contribution in [0.3, 0.4) is 0 Å². The molecule has 2 heterocycles. The van der Waals surface area contributed by atoms with Gasteiger partial charge in [-0.3, -0.25) is 19.3 Å². The van der Waals surface area contributed by atoms with Crippen LogP contribution in [0.5, 0.6) is 5.75 Å². The van der Waals surface area contributed by atoms with E-state index < -0.39 is 23.6 Å². The zero-order chi connectivity index (χ0) is 20.8. The Bertz CT molecular complexity index is 893. The number of benzene rings is 1. The quantitative estimate of drug-likeness (QED) is 0.754. The number of ether oxygens (including phenoxy) is 1. The average Bonchev–Trinajstić information content (AvgIpc) is 2.86. The molecule has 0 unspecified atom stereocenters. The summed E-state index contributed by atoms with van der Waals surface area (Å²) in [5.41, 5.74) is 0.0897. The molecule has 0 aromatic heterocycles. The Kier molecular flexibility index (Phi) is 4.68. The van der Waals surface area contributed by atoms with E-state index in [0.717, 1.165) is 24.2 Å². The molecule has 1 spiro atoms. The molecule has 2 aliphatic heterocycles. The van der Waals surface area contributed by atoms with Gasteiger partial charge >= 0.3 is 6.03 Å². The highest BCUT2D eigenvalue weighted by Crippen LogP contribution is 2.39. The van der Waals surface area contributed by atoms with Gasteiger partial charge in [-0.05, 0) is 38.0 Å². The van der Waals surface area contributed by atoms with Crippen molar-refractivity contribution in [3.05, 3.63) is 18.2 Å². The highest BCUT2D eigenvalue weighted by atomic mass is 16.5. The second-order valence-corrected chi connectivity index (χ2v) is 7.83. The largest absolute Gasteiger partial charge is 0.479 e. The number of nitrogens with zero attached hydrogens (tertiary/aromatic N) is 2. The first kappa shape index (κ1) is 19.2. The van der Waals surface area contributed by atoms with Gasteiger partial charge in [-0.2, -0.15) is 0 Å². The number of imide groups is 1. The maximum Gasteiger partial charge on any atom is 0.327 e. The molecular formula is C20H24N4O5. The van der Waals surface area contributed by atoms with Gasteiger partial charge in [0.2, 0.25) is 5.91 Å². The van der Waals surface area contributed by atoms with Crippen LogP contribution in [-0.4, -0.2) is 58.8 Å². The van der Waals surface area contributed by atoms with E-state index in [-0.39, 0.29) is 18.4 Å². The summed E-state index contributed by atoms with van der Waals surface area (Å²) in [5.74, 6) is -0.528. The Morgan fingerprint density at radius 3 is 2.69 bits per heavy atom. The number of amides is 5. The summed E-state index contributed by atoms with van der Waals surface area (Å²) in [4.78, 5) is 52.4. The third kappa shape index (κ3) is 3.20. The van der Waals surface area contributed by atoms with Crippen molar-refractivity contribution in [3.63, 3.8) is 0 Å². The molecule has 1 aliphatic carbocycles. The molecule has 154 valence electrons. The van der Waals surface area contributed by atoms with Crippen molar-refractivity contribution in [1.29, 1.82) is 0 Å². The molecule has 9 nitrogen and oxygen atoms in total. The van der Waals surface area contributed by atoms with Crippen LogP contribution < -0.4 is 15.4 Å². The van der Waals surface area contributed by atoms with E-state index in [1.165, 1.54) is 4.90 Å². The highest BCUT2D eigenvalue weighted by molar-refractivity contribution is 6.10. The molecule has 5 amide bonds. The Balaban J connectivity index is 1.45. The standard InChI is InChI=1S/C20H24N4O5/c1-12-17(26)22-14-10-13(6-7-15(14)29-12)21-16(25)11-24-18(27)20(23(2)19(24)28)8-4-3-5-9-20/h6-7,10,12H,3-5,8-9,11H2,1-2H3,(H,21,25)(H,22,26)/t12-/m0/s1. The Morgan fingerprint density at radius 1 is 1.24 bits per heavy atom. The summed E-state index contributed by atoms with van der Waals surface area (Å²) in [6.07, 6.45) is 3.52. The van der Waals surface area contributed by atoms with Crippen molar-refractivity contribution in [2.24, 2.45) is 0 Å². The van der Waals surface area contributed by atoms with Gasteiger partial charge in [0.25, 0.3) is 11.8 Å². The smallest absolute Gasteiger partial charge is 0.327 e. The summed E-state index contributed by atoms with van der Waals surface area (Å²) < 4.78 is 5.49. The number of carbonyl (C=O) groups excluding carboxylic acids is 4. The lowest BCUT2D eigenvalue weighted by molar-refractivity contribution is -0.136. The zero-order valence-electron chi connectivity index (χ0n) is 16.5. The van der Waals surface area contributed by atoms with E-state index in [1.807, 2.05) is 0 Å². The number of anilines is 2. The SMILES string of the molecule is C[C@@H]1Oc2ccc(NC(=O)CN3C(=O)N(C)C4(CCCCC4)C3=O)cc2NC1=O. The zero-order valence-corrected chi connectivity index (χ0v) is 16.5. The van der Waals surface area contributed by atoms with Crippen molar-refractivity contribution in [2.75, 3.05) is 24.2 Å². The molecule has 4 rings (SSSR count). The van der Waals surface area contributed by atoms with Crippen molar-refractivity contribution in [1.82, 2.24) is 9.80 Å². The second kappa shape index (κ2) is 7.06. The van der Waals surface area contributed by atoms with Gasteiger partial charge in [0.1, 0.15) is 17.8 Å². The van der Waals surface area contributed by atoms with E-state index in [0.29, 0.717) is 30.0 Å². The van der Waals surface area contributed by atoms with Gasteiger partial charge in [-0.1, -0.05) is 19.3 Å². The van der Waals surface area contributed by atoms with Crippen LogP contribution in [0.4, 0.5) is 16.2 Å². The van der Waals surface area contributed by atoms with Gasteiger partial charge in [-0.25, -0.2) is 4.79 Å². The fraction of sp³-hybridized carbons (Fsp3) is 0.500. The maximum atomic E-state index is 13.0. The minimum Gasteiger partial charge on any atom is -0.479 e. The molecule has 0 radical (unpaired) electrons. The predicted molar refractivity (Wildman–Crippen MR) is 104 cm³/mol. The predicted octanol–water partition coefficient (Wildman–Crippen LogP) is 1.94. The lowest BCUT2D eigenvalue weighted by Gasteiger charge is -2.35. The van der Waals surface area contributed by atoms with Crippen molar-refractivity contribution in [2.45, 2.75) is 50.7 Å². The summed E-state index contributed by atoms with van der Waals surface area (Å²) in [6.45, 7) is 1.30. The van der Waals surface area contributed by atoms with Crippen LogP contribution in [0.1, 0.15) is 39.0 Å². The first-order valence-electron chi connectivity index (χ1n) is 9.83. The van der Waals surface area contributed by atoms with E-state index in [9.17, 15) is 19.2 Å². The molecule has 29 heavy (non-hydrogen) atoms. The van der Waals surface area contributed by atoms with Crippen molar-refractivity contribution < 1.29 is 23.9 Å². The fourth-order valence-electron chi connectivity index (χ4n) is 4.30.